The van der Waals surface area contributed by atoms with E-state index in [1.54, 1.807) is 0 Å². The minimum absolute atomic E-state index is 0.0260. The molecule has 0 saturated heterocycles. The van der Waals surface area contributed by atoms with Crippen molar-refractivity contribution in [2.24, 2.45) is 0 Å². The Morgan fingerprint density at radius 3 is 2.21 bits per heavy atom. The number of amides is 1. The Balaban J connectivity index is 0.000000791. The molecule has 1 amide bonds. The Kier molecular flexibility index (Phi) is 5.61. The van der Waals surface area contributed by atoms with Crippen LogP contribution in [0, 0.1) is 13.8 Å². The van der Waals surface area contributed by atoms with Crippen molar-refractivity contribution < 1.29 is 4.79 Å². The van der Waals surface area contributed by atoms with Gasteiger partial charge < -0.3 is 5.32 Å². The van der Waals surface area contributed by atoms with Gasteiger partial charge in [-0.2, -0.15) is 0 Å². The zero-order chi connectivity index (χ0) is 11.1. The molecule has 0 aliphatic carbocycles. The molecule has 1 rings (SSSR count). The van der Waals surface area contributed by atoms with Crippen LogP contribution in [-0.4, -0.2) is 5.91 Å². The number of aryl methyl sites for hydroxylation is 2. The summed E-state index contributed by atoms with van der Waals surface area (Å²) in [6, 6.07) is 5.95. The van der Waals surface area contributed by atoms with Crippen LogP contribution in [-0.2, 0) is 4.79 Å². The number of benzene rings is 1. The van der Waals surface area contributed by atoms with Crippen molar-refractivity contribution in [1.82, 2.24) is 0 Å². The van der Waals surface area contributed by atoms with Crippen molar-refractivity contribution in [3.63, 3.8) is 0 Å². The first-order chi connectivity index (χ1) is 6.59. The normalized spacial score (nSPS) is 8.64. The molecule has 0 aromatic heterocycles. The Morgan fingerprint density at radius 1 is 1.21 bits per heavy atom. The first-order valence-electron chi connectivity index (χ1n) is 4.94. The second kappa shape index (κ2) is 6.19. The summed E-state index contributed by atoms with van der Waals surface area (Å²) in [6.45, 7) is 9.53. The van der Waals surface area contributed by atoms with Gasteiger partial charge in [-0.3, -0.25) is 4.79 Å². The summed E-state index contributed by atoms with van der Waals surface area (Å²) in [5.41, 5.74) is 3.21. The van der Waals surface area contributed by atoms with Crippen LogP contribution in [0.15, 0.2) is 18.2 Å². The molecule has 1 N–H and O–H groups in total. The first-order valence-corrected chi connectivity index (χ1v) is 4.94. The molecule has 1 aromatic rings. The largest absolute Gasteiger partial charge is 0.326 e. The summed E-state index contributed by atoms with van der Waals surface area (Å²) in [5.74, 6) is -0.0260. The maximum Gasteiger partial charge on any atom is 0.221 e. The van der Waals surface area contributed by atoms with Gasteiger partial charge in [0.2, 0.25) is 5.91 Å². The molecule has 0 spiro atoms. The smallest absolute Gasteiger partial charge is 0.221 e. The van der Waals surface area contributed by atoms with E-state index < -0.39 is 0 Å². The minimum atomic E-state index is -0.0260. The molecule has 78 valence electrons. The summed E-state index contributed by atoms with van der Waals surface area (Å²) in [6.07, 6.45) is 0. The summed E-state index contributed by atoms with van der Waals surface area (Å²) in [5, 5.41) is 2.76. The summed E-state index contributed by atoms with van der Waals surface area (Å²) < 4.78 is 0. The van der Waals surface area contributed by atoms with Crippen molar-refractivity contribution in [3.8, 4) is 0 Å². The van der Waals surface area contributed by atoms with E-state index in [9.17, 15) is 4.79 Å². The standard InChI is InChI=1S/C10H13NO.C2H6/c1-7-4-5-10(8(2)6-7)11-9(3)12;1-2/h4-6H,1-3H3,(H,11,12);1-2H3. The maximum absolute atomic E-state index is 10.7. The Morgan fingerprint density at radius 2 is 1.79 bits per heavy atom. The molecule has 2 heteroatoms. The quantitative estimate of drug-likeness (QED) is 0.728. The van der Waals surface area contributed by atoms with E-state index in [-0.39, 0.29) is 5.91 Å². The molecule has 0 aliphatic rings. The monoisotopic (exact) mass is 193 g/mol. The van der Waals surface area contributed by atoms with Crippen molar-refractivity contribution in [2.45, 2.75) is 34.6 Å². The van der Waals surface area contributed by atoms with Gasteiger partial charge in [0.15, 0.2) is 0 Å². The summed E-state index contributed by atoms with van der Waals surface area (Å²) in [7, 11) is 0. The molecule has 1 aromatic carbocycles. The van der Waals surface area contributed by atoms with E-state index in [0.717, 1.165) is 11.3 Å². The van der Waals surface area contributed by atoms with Gasteiger partial charge in [-0.1, -0.05) is 31.5 Å². The van der Waals surface area contributed by atoms with E-state index in [4.69, 9.17) is 0 Å². The lowest BCUT2D eigenvalue weighted by Crippen LogP contribution is -2.06. The molecule has 0 saturated carbocycles. The van der Waals surface area contributed by atoms with Crippen LogP contribution >= 0.6 is 0 Å². The molecule has 0 radical (unpaired) electrons. The lowest BCUT2D eigenvalue weighted by atomic mass is 10.1. The van der Waals surface area contributed by atoms with Gasteiger partial charge in [0, 0.05) is 12.6 Å². The minimum Gasteiger partial charge on any atom is -0.326 e. The first kappa shape index (κ1) is 12.7. The van der Waals surface area contributed by atoms with E-state index >= 15 is 0 Å². The van der Waals surface area contributed by atoms with Crippen LogP contribution in [0.3, 0.4) is 0 Å². The van der Waals surface area contributed by atoms with Crippen LogP contribution in [0.5, 0.6) is 0 Å². The Labute approximate surface area is 86.3 Å². The predicted octanol–water partition coefficient (Wildman–Crippen LogP) is 3.29. The number of hydrogen-bond acceptors (Lipinski definition) is 1. The van der Waals surface area contributed by atoms with Gasteiger partial charge in [0.25, 0.3) is 0 Å². The number of rotatable bonds is 1. The topological polar surface area (TPSA) is 29.1 Å². The van der Waals surface area contributed by atoms with Gasteiger partial charge in [0.1, 0.15) is 0 Å². The Bertz CT molecular complexity index is 305. The molecule has 0 bridgehead atoms. The van der Waals surface area contributed by atoms with E-state index in [1.807, 2.05) is 45.9 Å². The third-order valence-electron chi connectivity index (χ3n) is 1.69. The highest BCUT2D eigenvalue weighted by atomic mass is 16.1. The van der Waals surface area contributed by atoms with Crippen LogP contribution < -0.4 is 5.32 Å². The SMILES string of the molecule is CC.CC(=O)Nc1ccc(C)cc1C. The second-order valence-electron chi connectivity index (χ2n) is 3.00. The van der Waals surface area contributed by atoms with E-state index in [2.05, 4.69) is 5.32 Å². The zero-order valence-electron chi connectivity index (χ0n) is 9.64. The third-order valence-corrected chi connectivity index (χ3v) is 1.69. The lowest BCUT2D eigenvalue weighted by Gasteiger charge is -2.06. The van der Waals surface area contributed by atoms with Gasteiger partial charge >= 0.3 is 0 Å². The van der Waals surface area contributed by atoms with Crippen LogP contribution in [0.1, 0.15) is 31.9 Å². The number of carbonyl (C=O) groups excluding carboxylic acids is 1. The molecular formula is C12H19NO. The van der Waals surface area contributed by atoms with Crippen molar-refractivity contribution >= 4 is 11.6 Å². The molecule has 0 fully saturated rings. The highest BCUT2D eigenvalue weighted by molar-refractivity contribution is 5.89. The average Bonchev–Trinajstić information content (AvgIpc) is 2.13. The van der Waals surface area contributed by atoms with E-state index in [1.165, 1.54) is 12.5 Å². The van der Waals surface area contributed by atoms with E-state index in [0.29, 0.717) is 0 Å². The second-order valence-corrected chi connectivity index (χ2v) is 3.00. The fourth-order valence-corrected chi connectivity index (χ4v) is 1.14. The van der Waals surface area contributed by atoms with Gasteiger partial charge in [0.05, 0.1) is 0 Å². The fraction of sp³-hybridized carbons (Fsp3) is 0.417. The molecular weight excluding hydrogens is 174 g/mol. The van der Waals surface area contributed by atoms with Crippen molar-refractivity contribution in [3.05, 3.63) is 29.3 Å². The van der Waals surface area contributed by atoms with Gasteiger partial charge in [-0.15, -0.1) is 0 Å². The summed E-state index contributed by atoms with van der Waals surface area (Å²) in [4.78, 5) is 10.7. The molecule has 0 aliphatic heterocycles. The number of anilines is 1. The van der Waals surface area contributed by atoms with Crippen LogP contribution in [0.2, 0.25) is 0 Å². The van der Waals surface area contributed by atoms with Crippen molar-refractivity contribution in [2.75, 3.05) is 5.32 Å². The molecule has 14 heavy (non-hydrogen) atoms. The maximum atomic E-state index is 10.7. The molecule has 0 unspecified atom stereocenters. The fourth-order valence-electron chi connectivity index (χ4n) is 1.14. The highest BCUT2D eigenvalue weighted by Gasteiger charge is 1.98. The number of carbonyl (C=O) groups is 1. The zero-order valence-corrected chi connectivity index (χ0v) is 9.64. The molecule has 0 atom stereocenters. The Hall–Kier alpha value is -1.31. The highest BCUT2D eigenvalue weighted by Crippen LogP contribution is 2.15. The average molecular weight is 193 g/mol. The number of hydrogen-bond donors (Lipinski definition) is 1. The number of nitrogens with one attached hydrogen (secondary N) is 1. The van der Waals surface area contributed by atoms with Gasteiger partial charge in [-0.05, 0) is 25.5 Å². The van der Waals surface area contributed by atoms with Gasteiger partial charge in [-0.25, -0.2) is 0 Å². The van der Waals surface area contributed by atoms with Crippen molar-refractivity contribution in [1.29, 1.82) is 0 Å². The molecule has 2 nitrogen and oxygen atoms in total. The predicted molar refractivity (Wildman–Crippen MR) is 61.6 cm³/mol. The summed E-state index contributed by atoms with van der Waals surface area (Å²) >= 11 is 0. The van der Waals surface area contributed by atoms with Crippen LogP contribution in [0.4, 0.5) is 5.69 Å². The molecule has 0 heterocycles. The third kappa shape index (κ3) is 4.08. The van der Waals surface area contributed by atoms with Crippen LogP contribution in [0.25, 0.3) is 0 Å². The lowest BCUT2D eigenvalue weighted by molar-refractivity contribution is -0.114.